The number of rotatable bonds is 5. The molecule has 0 bridgehead atoms. The minimum Gasteiger partial charge on any atom is -0.385 e. The third-order valence-corrected chi connectivity index (χ3v) is 5.34. The largest absolute Gasteiger partial charge is 0.385 e. The molecule has 0 aromatic heterocycles. The zero-order chi connectivity index (χ0) is 13.7. The topological polar surface area (TPSA) is 58.2 Å². The molecule has 1 aromatic rings. The molecule has 1 atom stereocenters. The highest BCUT2D eigenvalue weighted by Crippen LogP contribution is 2.17. The molecule has 0 saturated carbocycles. The van der Waals surface area contributed by atoms with Crippen LogP contribution in [0.2, 0.25) is 0 Å². The third kappa shape index (κ3) is 3.94. The average Bonchev–Trinajstić information content (AvgIpc) is 2.47. The maximum atomic E-state index is 11.7. The lowest BCUT2D eigenvalue weighted by molar-refractivity contribution is 0.393. The van der Waals surface area contributed by atoms with Gasteiger partial charge in [-0.25, -0.2) is 8.42 Å². The van der Waals surface area contributed by atoms with Crippen LogP contribution in [-0.2, 0) is 9.84 Å². The van der Waals surface area contributed by atoms with Crippen molar-refractivity contribution < 1.29 is 8.42 Å². The molecule has 0 spiro atoms. The van der Waals surface area contributed by atoms with Crippen LogP contribution in [-0.4, -0.2) is 33.8 Å². The van der Waals surface area contributed by atoms with Crippen molar-refractivity contribution in [3.8, 4) is 0 Å². The fourth-order valence-electron chi connectivity index (χ4n) is 2.31. The first kappa shape index (κ1) is 14.3. The molecule has 5 heteroatoms. The Kier molecular flexibility index (Phi) is 4.82. The molecular weight excluding hydrogens is 260 g/mol. The number of hydrogen-bond donors (Lipinski definition) is 2. The van der Waals surface area contributed by atoms with E-state index < -0.39 is 9.84 Å². The Morgan fingerprint density at radius 1 is 1.32 bits per heavy atom. The highest BCUT2D eigenvalue weighted by atomic mass is 32.2. The van der Waals surface area contributed by atoms with E-state index in [1.54, 1.807) is 19.1 Å². The van der Waals surface area contributed by atoms with Gasteiger partial charge in [0.1, 0.15) is 0 Å². The summed E-state index contributed by atoms with van der Waals surface area (Å²) in [7, 11) is -3.09. The quantitative estimate of drug-likeness (QED) is 0.866. The van der Waals surface area contributed by atoms with Crippen molar-refractivity contribution in [1.29, 1.82) is 0 Å². The minimum absolute atomic E-state index is 0.146. The number of piperidine rings is 1. The molecule has 4 nitrogen and oxygen atoms in total. The molecule has 0 radical (unpaired) electrons. The first-order chi connectivity index (χ1) is 9.12. The minimum atomic E-state index is -3.09. The lowest BCUT2D eigenvalue weighted by Gasteiger charge is -2.23. The van der Waals surface area contributed by atoms with Crippen LogP contribution in [0.4, 0.5) is 5.69 Å². The maximum absolute atomic E-state index is 11.7. The van der Waals surface area contributed by atoms with Crippen molar-refractivity contribution in [3.05, 3.63) is 24.3 Å². The van der Waals surface area contributed by atoms with Gasteiger partial charge in [-0.1, -0.05) is 6.92 Å². The number of nitrogens with one attached hydrogen (secondary N) is 2. The predicted octanol–water partition coefficient (Wildman–Crippen LogP) is 1.89. The normalized spacial score (nSPS) is 20.2. The summed E-state index contributed by atoms with van der Waals surface area (Å²) in [5.74, 6) is 0.806. The van der Waals surface area contributed by atoms with Crippen LogP contribution in [0.1, 0.15) is 19.8 Å². The standard InChI is InChI=1S/C14H22N2O2S/c1-2-19(17,18)14-7-5-13(6-8-14)16-11-12-4-3-9-15-10-12/h5-8,12,15-16H,2-4,9-11H2,1H3. The van der Waals surface area contributed by atoms with Crippen molar-refractivity contribution in [1.82, 2.24) is 5.32 Å². The van der Waals surface area contributed by atoms with Gasteiger partial charge in [0.2, 0.25) is 0 Å². The van der Waals surface area contributed by atoms with Gasteiger partial charge in [0.25, 0.3) is 0 Å². The molecule has 0 amide bonds. The van der Waals surface area contributed by atoms with E-state index in [1.165, 1.54) is 12.8 Å². The third-order valence-electron chi connectivity index (χ3n) is 3.59. The lowest BCUT2D eigenvalue weighted by atomic mass is 10.00. The summed E-state index contributed by atoms with van der Waals surface area (Å²) >= 11 is 0. The van der Waals surface area contributed by atoms with Gasteiger partial charge < -0.3 is 10.6 Å². The van der Waals surface area contributed by atoms with Crippen LogP contribution in [0, 0.1) is 5.92 Å². The van der Waals surface area contributed by atoms with Crippen molar-refractivity contribution in [2.75, 3.05) is 30.7 Å². The highest BCUT2D eigenvalue weighted by Gasteiger charge is 2.13. The van der Waals surface area contributed by atoms with Gasteiger partial charge in [-0.05, 0) is 56.1 Å². The fraction of sp³-hybridized carbons (Fsp3) is 0.571. The van der Waals surface area contributed by atoms with Gasteiger partial charge in [-0.3, -0.25) is 0 Å². The number of anilines is 1. The molecule has 0 aliphatic carbocycles. The SMILES string of the molecule is CCS(=O)(=O)c1ccc(NCC2CCCNC2)cc1. The molecule has 2 rings (SSSR count). The monoisotopic (exact) mass is 282 g/mol. The van der Waals surface area contributed by atoms with Crippen molar-refractivity contribution in [2.24, 2.45) is 5.92 Å². The molecule has 106 valence electrons. The summed E-state index contributed by atoms with van der Waals surface area (Å²) in [6, 6.07) is 7.05. The Morgan fingerprint density at radius 2 is 2.05 bits per heavy atom. The van der Waals surface area contributed by atoms with Crippen LogP contribution in [0.15, 0.2) is 29.2 Å². The first-order valence-corrected chi connectivity index (χ1v) is 8.54. The van der Waals surface area contributed by atoms with E-state index >= 15 is 0 Å². The zero-order valence-corrected chi connectivity index (χ0v) is 12.2. The van der Waals surface area contributed by atoms with E-state index in [0.717, 1.165) is 25.3 Å². The van der Waals surface area contributed by atoms with E-state index in [4.69, 9.17) is 0 Å². The lowest BCUT2D eigenvalue weighted by Crippen LogP contribution is -2.33. The van der Waals surface area contributed by atoms with Crippen LogP contribution in [0.5, 0.6) is 0 Å². The molecule has 1 aromatic carbocycles. The van der Waals surface area contributed by atoms with E-state index in [9.17, 15) is 8.42 Å². The molecule has 1 saturated heterocycles. The van der Waals surface area contributed by atoms with Gasteiger partial charge in [-0.15, -0.1) is 0 Å². The molecular formula is C14H22N2O2S. The van der Waals surface area contributed by atoms with E-state index in [-0.39, 0.29) is 5.75 Å². The molecule has 2 N–H and O–H groups in total. The van der Waals surface area contributed by atoms with Gasteiger partial charge in [-0.2, -0.15) is 0 Å². The summed E-state index contributed by atoms with van der Waals surface area (Å²) < 4.78 is 23.4. The van der Waals surface area contributed by atoms with Gasteiger partial charge in [0.05, 0.1) is 10.6 Å². The Balaban J connectivity index is 1.91. The molecule has 1 unspecified atom stereocenters. The Bertz CT molecular complexity index is 491. The Hall–Kier alpha value is -1.07. The summed E-state index contributed by atoms with van der Waals surface area (Å²) in [5.41, 5.74) is 0.987. The zero-order valence-electron chi connectivity index (χ0n) is 11.4. The van der Waals surface area contributed by atoms with Crippen molar-refractivity contribution >= 4 is 15.5 Å². The van der Waals surface area contributed by atoms with E-state index in [2.05, 4.69) is 10.6 Å². The molecule has 1 fully saturated rings. The van der Waals surface area contributed by atoms with Crippen LogP contribution >= 0.6 is 0 Å². The molecule has 1 aliphatic rings. The molecule has 1 aliphatic heterocycles. The highest BCUT2D eigenvalue weighted by molar-refractivity contribution is 7.91. The van der Waals surface area contributed by atoms with Gasteiger partial charge in [0.15, 0.2) is 9.84 Å². The fourth-order valence-corrected chi connectivity index (χ4v) is 3.19. The molecule has 19 heavy (non-hydrogen) atoms. The van der Waals surface area contributed by atoms with Crippen molar-refractivity contribution in [3.63, 3.8) is 0 Å². The van der Waals surface area contributed by atoms with Gasteiger partial charge in [0, 0.05) is 12.2 Å². The number of benzene rings is 1. The Labute approximate surface area is 115 Å². The van der Waals surface area contributed by atoms with E-state index in [1.807, 2.05) is 12.1 Å². The van der Waals surface area contributed by atoms with Crippen LogP contribution < -0.4 is 10.6 Å². The summed E-state index contributed by atoms with van der Waals surface area (Å²) in [6.07, 6.45) is 2.49. The number of hydrogen-bond acceptors (Lipinski definition) is 4. The summed E-state index contributed by atoms with van der Waals surface area (Å²) in [6.45, 7) is 4.79. The second-order valence-electron chi connectivity index (χ2n) is 5.02. The summed E-state index contributed by atoms with van der Waals surface area (Å²) in [4.78, 5) is 0.403. The second kappa shape index (κ2) is 6.39. The summed E-state index contributed by atoms with van der Waals surface area (Å²) in [5, 5.41) is 6.76. The first-order valence-electron chi connectivity index (χ1n) is 6.89. The van der Waals surface area contributed by atoms with E-state index in [0.29, 0.717) is 10.8 Å². The van der Waals surface area contributed by atoms with Crippen LogP contribution in [0.3, 0.4) is 0 Å². The molecule has 1 heterocycles. The average molecular weight is 282 g/mol. The second-order valence-corrected chi connectivity index (χ2v) is 7.30. The number of sulfone groups is 1. The predicted molar refractivity (Wildman–Crippen MR) is 78.3 cm³/mol. The smallest absolute Gasteiger partial charge is 0.178 e. The van der Waals surface area contributed by atoms with Crippen LogP contribution in [0.25, 0.3) is 0 Å². The van der Waals surface area contributed by atoms with Crippen molar-refractivity contribution in [2.45, 2.75) is 24.7 Å². The van der Waals surface area contributed by atoms with Gasteiger partial charge >= 0.3 is 0 Å². The maximum Gasteiger partial charge on any atom is 0.178 e. The Morgan fingerprint density at radius 3 is 2.63 bits per heavy atom.